The van der Waals surface area contributed by atoms with Crippen molar-refractivity contribution in [2.45, 2.75) is 18.4 Å². The van der Waals surface area contributed by atoms with Crippen molar-refractivity contribution in [1.82, 2.24) is 14.7 Å². The molecule has 16 heavy (non-hydrogen) atoms. The molecule has 6 nitrogen and oxygen atoms in total. The average molecular weight is 241 g/mol. The Kier molecular flexibility index (Phi) is 2.63. The molecule has 1 aromatic rings. The van der Waals surface area contributed by atoms with Crippen LogP contribution in [0.3, 0.4) is 0 Å². The second-order valence-corrected chi connectivity index (χ2v) is 5.46. The van der Waals surface area contributed by atoms with Crippen LogP contribution in [-0.2, 0) is 14.8 Å². The molecule has 7 heteroatoms. The van der Waals surface area contributed by atoms with E-state index in [2.05, 4.69) is 9.97 Å². The predicted octanol–water partition coefficient (Wildman–Crippen LogP) is -0.0625. The van der Waals surface area contributed by atoms with E-state index in [0.29, 0.717) is 0 Å². The van der Waals surface area contributed by atoms with Crippen LogP contribution in [0.1, 0.15) is 13.3 Å². The minimum absolute atomic E-state index is 0.188. The van der Waals surface area contributed by atoms with Gasteiger partial charge in [-0.2, -0.15) is 8.42 Å². The molecule has 0 saturated heterocycles. The van der Waals surface area contributed by atoms with E-state index in [1.165, 1.54) is 12.4 Å². The van der Waals surface area contributed by atoms with Gasteiger partial charge in [-0.05, 0) is 12.3 Å². The molecule has 0 aliphatic heterocycles. The minimum Gasteiger partial charge on any atom is -0.274 e. The molecule has 2 unspecified atom stereocenters. The van der Waals surface area contributed by atoms with Crippen LogP contribution in [0.25, 0.3) is 0 Å². The zero-order chi connectivity index (χ0) is 11.8. The summed E-state index contributed by atoms with van der Waals surface area (Å²) in [4.78, 5) is 18.7. The van der Waals surface area contributed by atoms with E-state index >= 15 is 0 Å². The fourth-order valence-electron chi connectivity index (χ4n) is 1.37. The zero-order valence-electron chi connectivity index (χ0n) is 8.62. The second-order valence-electron chi connectivity index (χ2n) is 3.83. The molecule has 0 radical (unpaired) electrons. The van der Waals surface area contributed by atoms with Crippen LogP contribution in [-0.4, -0.2) is 24.3 Å². The van der Waals surface area contributed by atoms with Crippen molar-refractivity contribution in [2.75, 3.05) is 0 Å². The van der Waals surface area contributed by atoms with Gasteiger partial charge in [-0.3, -0.25) is 9.78 Å². The third-order valence-electron chi connectivity index (χ3n) is 2.50. The number of amides is 1. The lowest BCUT2D eigenvalue weighted by Gasteiger charge is -2.04. The van der Waals surface area contributed by atoms with E-state index in [-0.39, 0.29) is 16.9 Å². The van der Waals surface area contributed by atoms with Gasteiger partial charge in [-0.25, -0.2) is 9.71 Å². The summed E-state index contributed by atoms with van der Waals surface area (Å²) >= 11 is 0. The molecule has 1 aromatic heterocycles. The van der Waals surface area contributed by atoms with Gasteiger partial charge in [-0.1, -0.05) is 6.92 Å². The third kappa shape index (κ3) is 2.19. The first-order valence-electron chi connectivity index (χ1n) is 4.83. The lowest BCUT2D eigenvalue weighted by Crippen LogP contribution is -2.32. The standard InChI is InChI=1S/C9H11N3O3S/c1-6-4-7(6)9(13)12-16(14,15)8-5-10-2-3-11-8/h2-3,5-7H,4H2,1H3,(H,12,13). The molecule has 1 aliphatic rings. The molecule has 1 N–H and O–H groups in total. The third-order valence-corrected chi connectivity index (χ3v) is 3.73. The summed E-state index contributed by atoms with van der Waals surface area (Å²) in [7, 11) is -3.86. The molecule has 1 saturated carbocycles. The van der Waals surface area contributed by atoms with Crippen molar-refractivity contribution in [3.05, 3.63) is 18.6 Å². The van der Waals surface area contributed by atoms with Crippen LogP contribution in [0.2, 0.25) is 0 Å². The summed E-state index contributed by atoms with van der Waals surface area (Å²) < 4.78 is 25.3. The normalized spacial score (nSPS) is 23.8. The van der Waals surface area contributed by atoms with E-state index < -0.39 is 15.9 Å². The Morgan fingerprint density at radius 2 is 2.19 bits per heavy atom. The van der Waals surface area contributed by atoms with Crippen molar-refractivity contribution in [3.63, 3.8) is 0 Å². The molecule has 0 spiro atoms. The van der Waals surface area contributed by atoms with Gasteiger partial charge in [-0.15, -0.1) is 0 Å². The van der Waals surface area contributed by atoms with Crippen molar-refractivity contribution in [3.8, 4) is 0 Å². The van der Waals surface area contributed by atoms with Crippen LogP contribution in [0.4, 0.5) is 0 Å². The number of aromatic nitrogens is 2. The van der Waals surface area contributed by atoms with Gasteiger partial charge >= 0.3 is 0 Å². The fraction of sp³-hybridized carbons (Fsp3) is 0.444. The van der Waals surface area contributed by atoms with Crippen LogP contribution in [0, 0.1) is 11.8 Å². The molecule has 1 heterocycles. The SMILES string of the molecule is CC1CC1C(=O)NS(=O)(=O)c1cnccn1. The number of nitrogens with zero attached hydrogens (tertiary/aromatic N) is 2. The summed E-state index contributed by atoms with van der Waals surface area (Å²) in [5.74, 6) is -0.387. The number of carbonyl (C=O) groups excluding carboxylic acids is 1. The summed E-state index contributed by atoms with van der Waals surface area (Å²) in [5.41, 5.74) is 0. The smallest absolute Gasteiger partial charge is 0.274 e. The average Bonchev–Trinajstić information content (AvgIpc) is 2.96. The Bertz CT molecular complexity index is 500. The van der Waals surface area contributed by atoms with Crippen molar-refractivity contribution >= 4 is 15.9 Å². The van der Waals surface area contributed by atoms with Crippen molar-refractivity contribution < 1.29 is 13.2 Å². The van der Waals surface area contributed by atoms with Crippen LogP contribution < -0.4 is 4.72 Å². The number of hydrogen-bond acceptors (Lipinski definition) is 5. The number of nitrogens with one attached hydrogen (secondary N) is 1. The summed E-state index contributed by atoms with van der Waals surface area (Å²) in [6.07, 6.45) is 4.47. The van der Waals surface area contributed by atoms with E-state index in [4.69, 9.17) is 0 Å². The molecule has 2 atom stereocenters. The Hall–Kier alpha value is -1.50. The quantitative estimate of drug-likeness (QED) is 0.800. The Morgan fingerprint density at radius 1 is 1.50 bits per heavy atom. The summed E-state index contributed by atoms with van der Waals surface area (Å²) in [6.45, 7) is 1.90. The van der Waals surface area contributed by atoms with Gasteiger partial charge in [0.25, 0.3) is 10.0 Å². The number of rotatable bonds is 3. The Balaban J connectivity index is 2.12. The summed E-state index contributed by atoms with van der Waals surface area (Å²) in [6, 6.07) is 0. The van der Waals surface area contributed by atoms with Gasteiger partial charge in [0.2, 0.25) is 5.91 Å². The first kappa shape index (κ1) is 11.0. The van der Waals surface area contributed by atoms with Crippen molar-refractivity contribution in [2.24, 2.45) is 11.8 Å². The van der Waals surface area contributed by atoms with Crippen molar-refractivity contribution in [1.29, 1.82) is 0 Å². The maximum atomic E-state index is 11.6. The summed E-state index contributed by atoms with van der Waals surface area (Å²) in [5, 5.41) is -0.239. The second kappa shape index (κ2) is 3.82. The highest BCUT2D eigenvalue weighted by atomic mass is 32.2. The molecule has 86 valence electrons. The molecule has 0 bridgehead atoms. The van der Waals surface area contributed by atoms with Gasteiger partial charge in [0.15, 0.2) is 5.03 Å². The molecule has 0 aromatic carbocycles. The number of sulfonamides is 1. The zero-order valence-corrected chi connectivity index (χ0v) is 9.44. The minimum atomic E-state index is -3.86. The highest BCUT2D eigenvalue weighted by Crippen LogP contribution is 2.37. The molecule has 2 rings (SSSR count). The first-order valence-corrected chi connectivity index (χ1v) is 6.31. The van der Waals surface area contributed by atoms with Crippen LogP contribution in [0.15, 0.2) is 23.6 Å². The molecular weight excluding hydrogens is 230 g/mol. The highest BCUT2D eigenvalue weighted by molar-refractivity contribution is 7.90. The van der Waals surface area contributed by atoms with Gasteiger partial charge in [0, 0.05) is 18.3 Å². The Morgan fingerprint density at radius 3 is 2.69 bits per heavy atom. The molecule has 1 fully saturated rings. The topological polar surface area (TPSA) is 89.0 Å². The monoisotopic (exact) mass is 241 g/mol. The largest absolute Gasteiger partial charge is 0.283 e. The lowest BCUT2D eigenvalue weighted by atomic mass is 10.3. The van der Waals surface area contributed by atoms with Gasteiger partial charge < -0.3 is 0 Å². The van der Waals surface area contributed by atoms with E-state index in [1.807, 2.05) is 11.6 Å². The van der Waals surface area contributed by atoms with E-state index in [1.54, 1.807) is 0 Å². The van der Waals surface area contributed by atoms with Gasteiger partial charge in [0.1, 0.15) is 0 Å². The van der Waals surface area contributed by atoms with E-state index in [9.17, 15) is 13.2 Å². The maximum absolute atomic E-state index is 11.6. The molecule has 1 aliphatic carbocycles. The van der Waals surface area contributed by atoms with Crippen LogP contribution >= 0.6 is 0 Å². The predicted molar refractivity (Wildman–Crippen MR) is 54.6 cm³/mol. The highest BCUT2D eigenvalue weighted by Gasteiger charge is 2.40. The van der Waals surface area contributed by atoms with E-state index in [0.717, 1.165) is 12.6 Å². The van der Waals surface area contributed by atoms with Crippen LogP contribution in [0.5, 0.6) is 0 Å². The number of hydrogen-bond donors (Lipinski definition) is 1. The Labute approximate surface area is 93.2 Å². The lowest BCUT2D eigenvalue weighted by molar-refractivity contribution is -0.120. The number of carbonyl (C=O) groups is 1. The maximum Gasteiger partial charge on any atom is 0.283 e. The van der Waals surface area contributed by atoms with Gasteiger partial charge in [0.05, 0.1) is 6.20 Å². The molecule has 1 amide bonds. The first-order chi connectivity index (χ1) is 7.50. The fourth-order valence-corrected chi connectivity index (χ4v) is 2.29. The molecular formula is C9H11N3O3S.